The molecule has 8 nitrogen and oxygen atoms in total. The third-order valence-corrected chi connectivity index (χ3v) is 8.00. The van der Waals surface area contributed by atoms with Gasteiger partial charge in [-0.2, -0.15) is 0 Å². The maximum Gasteiger partial charge on any atom is 0.301 e. The van der Waals surface area contributed by atoms with Crippen LogP contribution in [-0.4, -0.2) is 41.1 Å². The van der Waals surface area contributed by atoms with Crippen molar-refractivity contribution in [3.05, 3.63) is 82.9 Å². The van der Waals surface area contributed by atoms with Gasteiger partial charge in [0.05, 0.1) is 35.0 Å². The van der Waals surface area contributed by atoms with Crippen LogP contribution in [0.15, 0.2) is 66.2 Å². The first-order chi connectivity index (χ1) is 19.4. The number of ether oxygens (including phenoxy) is 3. The highest BCUT2D eigenvalue weighted by Crippen LogP contribution is 2.45. The number of carbonyl (C=O) groups excluding carboxylic acids is 2. The van der Waals surface area contributed by atoms with Gasteiger partial charge in [0.2, 0.25) is 0 Å². The molecular formula is C31H28N2O6S. The van der Waals surface area contributed by atoms with Crippen LogP contribution in [0.5, 0.6) is 17.2 Å². The molecule has 2 aliphatic rings. The van der Waals surface area contributed by atoms with Crippen molar-refractivity contribution in [3.8, 4) is 17.2 Å². The van der Waals surface area contributed by atoms with Crippen molar-refractivity contribution >= 4 is 44.1 Å². The van der Waals surface area contributed by atoms with Crippen molar-refractivity contribution < 1.29 is 28.9 Å². The van der Waals surface area contributed by atoms with E-state index >= 15 is 0 Å². The zero-order valence-corrected chi connectivity index (χ0v) is 23.2. The van der Waals surface area contributed by atoms with Gasteiger partial charge < -0.3 is 19.3 Å². The van der Waals surface area contributed by atoms with Crippen LogP contribution in [0.3, 0.4) is 0 Å². The molecule has 3 aromatic carbocycles. The molecule has 3 heterocycles. The molecule has 1 fully saturated rings. The zero-order valence-electron chi connectivity index (χ0n) is 22.3. The Morgan fingerprint density at radius 2 is 1.75 bits per heavy atom. The summed E-state index contributed by atoms with van der Waals surface area (Å²) in [6.07, 6.45) is 0.729. The zero-order chi connectivity index (χ0) is 28.0. The molecule has 2 atom stereocenters. The van der Waals surface area contributed by atoms with Crippen LogP contribution in [0.25, 0.3) is 16.0 Å². The van der Waals surface area contributed by atoms with Crippen LogP contribution >= 0.6 is 11.3 Å². The van der Waals surface area contributed by atoms with E-state index in [1.807, 2.05) is 45.0 Å². The summed E-state index contributed by atoms with van der Waals surface area (Å²) >= 11 is 1.29. The lowest BCUT2D eigenvalue weighted by molar-refractivity contribution is -0.132. The van der Waals surface area contributed by atoms with Gasteiger partial charge in [0.15, 0.2) is 5.13 Å². The monoisotopic (exact) mass is 556 g/mol. The molecule has 9 heteroatoms. The van der Waals surface area contributed by atoms with E-state index in [1.54, 1.807) is 36.4 Å². The van der Waals surface area contributed by atoms with Gasteiger partial charge in [0, 0.05) is 12.0 Å². The van der Waals surface area contributed by atoms with Crippen molar-refractivity contribution in [3.63, 3.8) is 0 Å². The number of fused-ring (bicyclic) bond motifs is 2. The van der Waals surface area contributed by atoms with Gasteiger partial charge in [-0.3, -0.25) is 14.5 Å². The van der Waals surface area contributed by atoms with Gasteiger partial charge in [-0.1, -0.05) is 23.5 Å². The number of anilines is 1. The predicted octanol–water partition coefficient (Wildman–Crippen LogP) is 6.04. The first-order valence-corrected chi connectivity index (χ1v) is 14.1. The van der Waals surface area contributed by atoms with Crippen LogP contribution in [-0.2, 0) is 16.0 Å². The smallest absolute Gasteiger partial charge is 0.301 e. The number of thiazole rings is 1. The molecule has 4 aromatic rings. The summed E-state index contributed by atoms with van der Waals surface area (Å²) in [7, 11) is 0. The fourth-order valence-corrected chi connectivity index (χ4v) is 6.26. The van der Waals surface area contributed by atoms with Gasteiger partial charge in [0.1, 0.15) is 29.1 Å². The molecule has 0 bridgehead atoms. The number of Topliss-reactive ketones (excluding diaryl/α,β-unsaturated/α-hetero) is 1. The number of aliphatic hydroxyl groups is 1. The van der Waals surface area contributed by atoms with Crippen molar-refractivity contribution in [2.45, 2.75) is 39.3 Å². The summed E-state index contributed by atoms with van der Waals surface area (Å²) < 4.78 is 17.8. The summed E-state index contributed by atoms with van der Waals surface area (Å²) in [5.74, 6) is 0.373. The summed E-state index contributed by atoms with van der Waals surface area (Å²) in [5.41, 5.74) is 2.74. The molecule has 204 valence electrons. The molecule has 1 amide bonds. The van der Waals surface area contributed by atoms with E-state index in [4.69, 9.17) is 19.2 Å². The molecule has 0 aliphatic carbocycles. The number of hydrogen-bond donors (Lipinski definition) is 1. The Hall–Kier alpha value is -4.37. The molecule has 40 heavy (non-hydrogen) atoms. The molecule has 1 aromatic heterocycles. The second-order valence-corrected chi connectivity index (χ2v) is 10.7. The highest BCUT2D eigenvalue weighted by atomic mass is 32.1. The lowest BCUT2D eigenvalue weighted by Gasteiger charge is -2.23. The number of nitrogens with zero attached hydrogens (tertiary/aromatic N) is 2. The molecule has 0 saturated carbocycles. The minimum atomic E-state index is -0.883. The van der Waals surface area contributed by atoms with Gasteiger partial charge in [-0.05, 0) is 80.4 Å². The van der Waals surface area contributed by atoms with Crippen molar-refractivity contribution in [1.82, 2.24) is 4.98 Å². The maximum atomic E-state index is 13.6. The van der Waals surface area contributed by atoms with E-state index in [-0.39, 0.29) is 17.4 Å². The van der Waals surface area contributed by atoms with Gasteiger partial charge >= 0.3 is 5.91 Å². The number of ketones is 1. The number of aromatic nitrogens is 1. The van der Waals surface area contributed by atoms with E-state index in [9.17, 15) is 14.7 Å². The fourth-order valence-electron chi connectivity index (χ4n) is 5.24. The lowest BCUT2D eigenvalue weighted by Crippen LogP contribution is -2.29. The summed E-state index contributed by atoms with van der Waals surface area (Å²) in [5, 5.41) is 11.9. The van der Waals surface area contributed by atoms with Crippen molar-refractivity contribution in [2.24, 2.45) is 0 Å². The van der Waals surface area contributed by atoms with Crippen LogP contribution < -0.4 is 19.1 Å². The highest BCUT2D eigenvalue weighted by Gasteiger charge is 2.48. The van der Waals surface area contributed by atoms with E-state index in [0.29, 0.717) is 52.9 Å². The summed E-state index contributed by atoms with van der Waals surface area (Å²) in [6.45, 7) is 6.82. The second-order valence-electron chi connectivity index (χ2n) is 9.69. The first-order valence-electron chi connectivity index (χ1n) is 13.2. The maximum absolute atomic E-state index is 13.6. The number of benzene rings is 3. The second kappa shape index (κ2) is 10.3. The molecule has 0 unspecified atom stereocenters. The molecule has 6 rings (SSSR count). The van der Waals surface area contributed by atoms with Crippen LogP contribution in [0.2, 0.25) is 0 Å². The van der Waals surface area contributed by atoms with Crippen molar-refractivity contribution in [1.29, 1.82) is 0 Å². The number of amides is 1. The number of carbonyl (C=O) groups is 2. The quantitative estimate of drug-likeness (QED) is 0.168. The normalized spacial score (nSPS) is 19.6. The summed E-state index contributed by atoms with van der Waals surface area (Å²) in [4.78, 5) is 33.3. The van der Waals surface area contributed by atoms with E-state index in [2.05, 4.69) is 0 Å². The molecule has 2 aliphatic heterocycles. The Balaban J connectivity index is 1.49. The number of aliphatic hydroxyl groups excluding tert-OH is 1. The lowest BCUT2D eigenvalue weighted by atomic mass is 9.94. The third-order valence-electron chi connectivity index (χ3n) is 6.99. The molecule has 1 saturated heterocycles. The Morgan fingerprint density at radius 1 is 1.02 bits per heavy atom. The van der Waals surface area contributed by atoms with Crippen LogP contribution in [0.1, 0.15) is 43.5 Å². The third kappa shape index (κ3) is 4.46. The highest BCUT2D eigenvalue weighted by molar-refractivity contribution is 7.22. The fraction of sp³-hybridized carbons (Fsp3) is 0.258. The number of rotatable bonds is 7. The average molecular weight is 557 g/mol. The Bertz CT molecular complexity index is 1660. The molecular weight excluding hydrogens is 528 g/mol. The predicted molar refractivity (Wildman–Crippen MR) is 153 cm³/mol. The Kier molecular flexibility index (Phi) is 6.67. The van der Waals surface area contributed by atoms with Gasteiger partial charge in [-0.25, -0.2) is 4.98 Å². The van der Waals surface area contributed by atoms with Gasteiger partial charge in [-0.15, -0.1) is 0 Å². The molecule has 0 radical (unpaired) electrons. The van der Waals surface area contributed by atoms with E-state index in [0.717, 1.165) is 16.0 Å². The van der Waals surface area contributed by atoms with E-state index < -0.39 is 17.7 Å². The SMILES string of the molecule is CCOc1ccc([C@@H]2C(=C(O)c3ccc4c(c3)C[C@@H](C)O4)C(=O)C(=O)N2c2nc3ccc(OCC)cc3s2)cc1. The van der Waals surface area contributed by atoms with Crippen molar-refractivity contribution in [2.75, 3.05) is 18.1 Å². The standard InChI is InChI=1S/C31H28N2O6S/c1-4-37-21-9-6-18(7-10-21)27-26(28(34)19-8-13-24-20(15-19)14-17(3)39-24)29(35)30(36)33(27)31-32-23-12-11-22(38-5-2)16-25(23)40-31/h6-13,15-17,27,34H,4-5,14H2,1-3H3/t17-,27-/m1/s1. The largest absolute Gasteiger partial charge is 0.507 e. The summed E-state index contributed by atoms with van der Waals surface area (Å²) in [6, 6.07) is 17.2. The minimum Gasteiger partial charge on any atom is -0.507 e. The Labute approximate surface area is 235 Å². The van der Waals surface area contributed by atoms with Crippen LogP contribution in [0, 0.1) is 0 Å². The minimum absolute atomic E-state index is 0.00957. The van der Waals surface area contributed by atoms with E-state index in [1.165, 1.54) is 16.2 Å². The molecule has 1 N–H and O–H groups in total. The van der Waals surface area contributed by atoms with Gasteiger partial charge in [0.25, 0.3) is 5.78 Å². The average Bonchev–Trinajstić information content (AvgIpc) is 3.61. The Morgan fingerprint density at radius 3 is 2.50 bits per heavy atom. The first kappa shape index (κ1) is 25.9. The number of hydrogen-bond acceptors (Lipinski definition) is 8. The topological polar surface area (TPSA) is 98.2 Å². The molecule has 0 spiro atoms. The van der Waals surface area contributed by atoms with Crippen LogP contribution in [0.4, 0.5) is 5.13 Å².